The molecule has 11 aromatic rings. The van der Waals surface area contributed by atoms with Crippen LogP contribution < -0.4 is 0 Å². The molecule has 242 valence electrons. The van der Waals surface area contributed by atoms with Gasteiger partial charge in [0.2, 0.25) is 0 Å². The third-order valence-electron chi connectivity index (χ3n) is 10.5. The Bertz CT molecular complexity index is 3160. The minimum absolute atomic E-state index is 0.877. The minimum atomic E-state index is 0.877. The van der Waals surface area contributed by atoms with E-state index in [1.165, 1.54) is 54.4 Å². The van der Waals surface area contributed by atoms with Gasteiger partial charge in [-0.2, -0.15) is 0 Å². The zero-order valence-electron chi connectivity index (χ0n) is 28.1. The summed E-state index contributed by atoms with van der Waals surface area (Å²) in [4.78, 5) is 10.2. The molecule has 4 nitrogen and oxygen atoms in total. The van der Waals surface area contributed by atoms with E-state index in [0.717, 1.165) is 44.9 Å². The molecular weight excluding hydrogens is 633 g/mol. The van der Waals surface area contributed by atoms with Crippen molar-refractivity contribution in [3.63, 3.8) is 0 Å². The van der Waals surface area contributed by atoms with Gasteiger partial charge < -0.3 is 9.13 Å². The topological polar surface area (TPSA) is 35.6 Å². The van der Waals surface area contributed by atoms with Crippen molar-refractivity contribution in [2.45, 2.75) is 0 Å². The molecule has 0 amide bonds. The SMILES string of the molecule is c1ccc(-c2nc3ccccc3nc2-c2ccc(-n3c4ccccc4c4c5ccc6c7ccccc7n(-c7ccccc7)c6c5ccc43)cc2)cc1. The van der Waals surface area contributed by atoms with Crippen LogP contribution >= 0.6 is 0 Å². The number of para-hydroxylation sites is 5. The lowest BCUT2D eigenvalue weighted by atomic mass is 10.0. The first-order valence-corrected chi connectivity index (χ1v) is 17.7. The number of hydrogen-bond donors (Lipinski definition) is 0. The van der Waals surface area contributed by atoms with Crippen LogP contribution in [0.2, 0.25) is 0 Å². The Hall–Kier alpha value is -7.04. The highest BCUT2D eigenvalue weighted by Gasteiger charge is 2.20. The molecular formula is C48H30N4. The van der Waals surface area contributed by atoms with Crippen molar-refractivity contribution in [1.29, 1.82) is 0 Å². The second-order valence-electron chi connectivity index (χ2n) is 13.4. The van der Waals surface area contributed by atoms with Crippen LogP contribution in [0.15, 0.2) is 182 Å². The summed E-state index contributed by atoms with van der Waals surface area (Å²) < 4.78 is 4.82. The molecule has 4 heteroatoms. The van der Waals surface area contributed by atoms with Crippen molar-refractivity contribution in [2.24, 2.45) is 0 Å². The molecule has 0 unspecified atom stereocenters. The molecule has 11 rings (SSSR count). The maximum Gasteiger partial charge on any atom is 0.0973 e. The summed E-state index contributed by atoms with van der Waals surface area (Å²) in [6.45, 7) is 0. The molecule has 0 aliphatic heterocycles. The maximum atomic E-state index is 5.15. The summed E-state index contributed by atoms with van der Waals surface area (Å²) in [5.74, 6) is 0. The Labute approximate surface area is 299 Å². The van der Waals surface area contributed by atoms with Gasteiger partial charge in [-0.15, -0.1) is 0 Å². The first-order valence-electron chi connectivity index (χ1n) is 17.7. The Balaban J connectivity index is 1.14. The van der Waals surface area contributed by atoms with Crippen LogP contribution in [0.3, 0.4) is 0 Å². The Morgan fingerprint density at radius 1 is 0.308 bits per heavy atom. The van der Waals surface area contributed by atoms with Crippen LogP contribution in [0.4, 0.5) is 0 Å². The zero-order valence-corrected chi connectivity index (χ0v) is 28.1. The number of rotatable bonds is 4. The zero-order chi connectivity index (χ0) is 34.2. The number of nitrogens with zero attached hydrogens (tertiary/aromatic N) is 4. The molecule has 3 aromatic heterocycles. The van der Waals surface area contributed by atoms with Crippen molar-refractivity contribution in [2.75, 3.05) is 0 Å². The van der Waals surface area contributed by atoms with E-state index in [0.29, 0.717) is 0 Å². The summed E-state index contributed by atoms with van der Waals surface area (Å²) in [6, 6.07) is 64.7. The summed E-state index contributed by atoms with van der Waals surface area (Å²) in [6.07, 6.45) is 0. The third-order valence-corrected chi connectivity index (χ3v) is 10.5. The van der Waals surface area contributed by atoms with E-state index >= 15 is 0 Å². The lowest BCUT2D eigenvalue weighted by Gasteiger charge is -2.13. The first-order chi connectivity index (χ1) is 25.8. The Kier molecular flexibility index (Phi) is 6.22. The molecule has 0 aliphatic carbocycles. The molecule has 3 heterocycles. The highest BCUT2D eigenvalue weighted by atomic mass is 15.0. The Morgan fingerprint density at radius 3 is 1.52 bits per heavy atom. The largest absolute Gasteiger partial charge is 0.309 e. The first kappa shape index (κ1) is 28.8. The average molecular weight is 663 g/mol. The van der Waals surface area contributed by atoms with Gasteiger partial charge in [0.05, 0.1) is 44.5 Å². The van der Waals surface area contributed by atoms with E-state index in [2.05, 4.69) is 161 Å². The molecule has 0 N–H and O–H groups in total. The number of hydrogen-bond acceptors (Lipinski definition) is 2. The highest BCUT2D eigenvalue weighted by Crippen LogP contribution is 2.42. The van der Waals surface area contributed by atoms with Crippen molar-refractivity contribution in [1.82, 2.24) is 19.1 Å². The van der Waals surface area contributed by atoms with Gasteiger partial charge in [0.15, 0.2) is 0 Å². The van der Waals surface area contributed by atoms with Crippen LogP contribution in [-0.2, 0) is 0 Å². The smallest absolute Gasteiger partial charge is 0.0973 e. The van der Waals surface area contributed by atoms with Crippen molar-refractivity contribution in [3.05, 3.63) is 182 Å². The molecule has 0 bridgehead atoms. The number of fused-ring (bicyclic) bond motifs is 10. The second-order valence-corrected chi connectivity index (χ2v) is 13.4. The van der Waals surface area contributed by atoms with E-state index in [4.69, 9.17) is 9.97 Å². The summed E-state index contributed by atoms with van der Waals surface area (Å²) in [7, 11) is 0. The van der Waals surface area contributed by atoms with Crippen molar-refractivity contribution >= 4 is 65.4 Å². The fraction of sp³-hybridized carbons (Fsp3) is 0. The molecule has 0 atom stereocenters. The van der Waals surface area contributed by atoms with Crippen LogP contribution in [0.5, 0.6) is 0 Å². The predicted octanol–water partition coefficient (Wildman–Crippen LogP) is 12.3. The lowest BCUT2D eigenvalue weighted by molar-refractivity contribution is 1.18. The monoisotopic (exact) mass is 662 g/mol. The average Bonchev–Trinajstić information content (AvgIpc) is 3.74. The maximum absolute atomic E-state index is 5.15. The van der Waals surface area contributed by atoms with Crippen LogP contribution in [-0.4, -0.2) is 19.1 Å². The van der Waals surface area contributed by atoms with Crippen LogP contribution in [0, 0.1) is 0 Å². The highest BCUT2D eigenvalue weighted by molar-refractivity contribution is 6.28. The molecule has 0 saturated heterocycles. The van der Waals surface area contributed by atoms with Crippen molar-refractivity contribution < 1.29 is 0 Å². The van der Waals surface area contributed by atoms with Gasteiger partial charge in [0, 0.05) is 49.4 Å². The predicted molar refractivity (Wildman–Crippen MR) is 217 cm³/mol. The molecule has 0 aliphatic rings. The second kappa shape index (κ2) is 11.2. The van der Waals surface area contributed by atoms with Gasteiger partial charge in [-0.05, 0) is 60.0 Å². The number of benzene rings is 8. The minimum Gasteiger partial charge on any atom is -0.309 e. The quantitative estimate of drug-likeness (QED) is 0.188. The molecule has 0 spiro atoms. The Morgan fingerprint density at radius 2 is 0.808 bits per heavy atom. The van der Waals surface area contributed by atoms with E-state index in [1.807, 2.05) is 30.3 Å². The summed E-state index contributed by atoms with van der Waals surface area (Å²) in [5.41, 5.74) is 12.7. The normalized spacial score (nSPS) is 11.8. The molecule has 0 saturated carbocycles. The third kappa shape index (κ3) is 4.21. The van der Waals surface area contributed by atoms with Gasteiger partial charge in [-0.1, -0.05) is 127 Å². The van der Waals surface area contributed by atoms with E-state index in [9.17, 15) is 0 Å². The fourth-order valence-electron chi connectivity index (χ4n) is 8.22. The van der Waals surface area contributed by atoms with E-state index in [1.54, 1.807) is 0 Å². The van der Waals surface area contributed by atoms with E-state index < -0.39 is 0 Å². The summed E-state index contributed by atoms with van der Waals surface area (Å²) in [5, 5.41) is 7.51. The van der Waals surface area contributed by atoms with Gasteiger partial charge in [-0.25, -0.2) is 9.97 Å². The van der Waals surface area contributed by atoms with Gasteiger partial charge >= 0.3 is 0 Å². The van der Waals surface area contributed by atoms with Crippen LogP contribution in [0.1, 0.15) is 0 Å². The van der Waals surface area contributed by atoms with Gasteiger partial charge in [0.25, 0.3) is 0 Å². The van der Waals surface area contributed by atoms with Crippen molar-refractivity contribution in [3.8, 4) is 33.9 Å². The van der Waals surface area contributed by atoms with E-state index in [-0.39, 0.29) is 0 Å². The standard InChI is InChI=1S/C48H30N4/c1-3-13-31(14-4-1)46-47(50-41-20-10-9-19-40(41)49-46)32-23-25-34(26-24-32)51-43-22-12-8-18-39(43)45-36-27-28-37-35-17-7-11-21-42(35)52(33-15-5-2-6-16-33)48(37)38(36)29-30-44(45)51/h1-30H. The molecule has 52 heavy (non-hydrogen) atoms. The fourth-order valence-corrected chi connectivity index (χ4v) is 8.22. The van der Waals surface area contributed by atoms with Crippen LogP contribution in [0.25, 0.3) is 99.3 Å². The number of aromatic nitrogens is 4. The molecule has 0 radical (unpaired) electrons. The summed E-state index contributed by atoms with van der Waals surface area (Å²) >= 11 is 0. The van der Waals surface area contributed by atoms with Gasteiger partial charge in [-0.3, -0.25) is 0 Å². The molecule has 0 fully saturated rings. The molecule has 8 aromatic carbocycles. The van der Waals surface area contributed by atoms with Gasteiger partial charge in [0.1, 0.15) is 0 Å². The lowest BCUT2D eigenvalue weighted by Crippen LogP contribution is -1.97.